The summed E-state index contributed by atoms with van der Waals surface area (Å²) >= 11 is 16.6. The van der Waals surface area contributed by atoms with Crippen LogP contribution in [-0.2, 0) is 8.85 Å². The van der Waals surface area contributed by atoms with Gasteiger partial charge in [-0.2, -0.15) is 0 Å². The fourth-order valence-corrected chi connectivity index (χ4v) is 1.90. The molecule has 0 aliphatic carbocycles. The summed E-state index contributed by atoms with van der Waals surface area (Å²) < 4.78 is 10.6. The molecule has 0 aromatic carbocycles. The molecule has 0 bridgehead atoms. The maximum absolute atomic E-state index is 5.67. The summed E-state index contributed by atoms with van der Waals surface area (Å²) in [7, 11) is -1.78. The second-order valence-electron chi connectivity index (χ2n) is 4.71. The molecule has 90 valence electrons. The molecule has 0 heterocycles. The molecule has 0 unspecified atom stereocenters. The van der Waals surface area contributed by atoms with E-state index in [1.807, 2.05) is 0 Å². The van der Waals surface area contributed by atoms with Crippen molar-refractivity contribution in [3.63, 3.8) is 0 Å². The first-order valence-corrected chi connectivity index (χ1v) is 12.4. The Kier molecular flexibility index (Phi) is 5.54. The molecule has 0 spiro atoms. The lowest BCUT2D eigenvalue weighted by atomic mass is 10.2. The van der Waals surface area contributed by atoms with E-state index in [4.69, 9.17) is 42.1 Å². The van der Waals surface area contributed by atoms with Gasteiger partial charge >= 0.3 is 6.25 Å². The third-order valence-corrected chi connectivity index (χ3v) is 7.97. The van der Waals surface area contributed by atoms with Crippen LogP contribution in [-0.4, -0.2) is 14.6 Å². The molecule has 0 aliphatic heterocycles. The molecule has 0 N–H and O–H groups in total. The maximum Gasteiger partial charge on any atom is 0.555 e. The van der Waals surface area contributed by atoms with Gasteiger partial charge in [-0.1, -0.05) is 54.0 Å². The maximum atomic E-state index is 5.67. The largest absolute Gasteiger partial charge is 0.555 e. The second-order valence-corrected chi connectivity index (χ2v) is 17.1. The number of hydrogen-bond donors (Lipinski definition) is 0. The summed E-state index contributed by atoms with van der Waals surface area (Å²) in [5.74, 6) is 0. The van der Waals surface area contributed by atoms with Gasteiger partial charge in [0.1, 0.15) is 6.26 Å². The Bertz CT molecular complexity index is 231. The van der Waals surface area contributed by atoms with Crippen LogP contribution in [0.25, 0.3) is 0 Å². The quantitative estimate of drug-likeness (QED) is 0.428. The third-order valence-electron chi connectivity index (χ3n) is 2.43. The van der Waals surface area contributed by atoms with E-state index in [9.17, 15) is 0 Å². The first kappa shape index (κ1) is 15.6. The van der Waals surface area contributed by atoms with E-state index in [0.29, 0.717) is 0 Å². The van der Waals surface area contributed by atoms with Crippen molar-refractivity contribution in [1.82, 2.24) is 0 Å². The van der Waals surface area contributed by atoms with Crippen LogP contribution in [0.3, 0.4) is 0 Å². The predicted octanol–water partition coefficient (Wildman–Crippen LogP) is 4.65. The standard InChI is InChI=1S/C8H17Cl3O2Si2/c1-8(2,3)14(4,5)12-6-7-13-15(9,10)11/h6-7H,1-5H3/b7-6-. The molecule has 0 atom stereocenters. The zero-order chi connectivity index (χ0) is 12.3. The van der Waals surface area contributed by atoms with Crippen molar-refractivity contribution in [3.05, 3.63) is 12.5 Å². The van der Waals surface area contributed by atoms with Gasteiger partial charge in [-0.3, -0.25) is 0 Å². The molecule has 0 saturated carbocycles. The Morgan fingerprint density at radius 2 is 1.33 bits per heavy atom. The summed E-state index contributed by atoms with van der Waals surface area (Å²) in [6, 6.07) is 0. The van der Waals surface area contributed by atoms with Crippen LogP contribution >= 0.6 is 33.2 Å². The van der Waals surface area contributed by atoms with Gasteiger partial charge in [-0.05, 0) is 18.1 Å². The average molecular weight is 308 g/mol. The van der Waals surface area contributed by atoms with Crippen molar-refractivity contribution < 1.29 is 8.85 Å². The average Bonchev–Trinajstić information content (AvgIpc) is 1.94. The molecular weight excluding hydrogens is 291 g/mol. The van der Waals surface area contributed by atoms with Crippen molar-refractivity contribution in [2.45, 2.75) is 38.9 Å². The van der Waals surface area contributed by atoms with Crippen molar-refractivity contribution >= 4 is 47.8 Å². The highest BCUT2D eigenvalue weighted by atomic mass is 35.8. The smallest absolute Gasteiger partial charge is 0.546 e. The van der Waals surface area contributed by atoms with Gasteiger partial charge in [0.05, 0.1) is 6.26 Å². The fraction of sp³-hybridized carbons (Fsp3) is 0.750. The zero-order valence-corrected chi connectivity index (χ0v) is 13.9. The normalized spacial score (nSPS) is 14.4. The number of rotatable bonds is 4. The van der Waals surface area contributed by atoms with Crippen LogP contribution in [0.15, 0.2) is 12.5 Å². The first-order valence-electron chi connectivity index (χ1n) is 4.53. The van der Waals surface area contributed by atoms with E-state index in [1.54, 1.807) is 0 Å². The van der Waals surface area contributed by atoms with E-state index < -0.39 is 14.6 Å². The lowest BCUT2D eigenvalue weighted by Crippen LogP contribution is -2.39. The molecule has 0 saturated heterocycles. The highest BCUT2D eigenvalue weighted by Crippen LogP contribution is 2.36. The summed E-state index contributed by atoms with van der Waals surface area (Å²) in [6.45, 7) is 10.7. The molecule has 0 aliphatic rings. The van der Waals surface area contributed by atoms with Gasteiger partial charge in [0.15, 0.2) is 0 Å². The van der Waals surface area contributed by atoms with Crippen molar-refractivity contribution in [3.8, 4) is 0 Å². The number of halogens is 3. The highest BCUT2D eigenvalue weighted by molar-refractivity contribution is 7.62. The molecule has 0 radical (unpaired) electrons. The van der Waals surface area contributed by atoms with Crippen LogP contribution < -0.4 is 0 Å². The van der Waals surface area contributed by atoms with Crippen LogP contribution in [0.1, 0.15) is 20.8 Å². The fourth-order valence-electron chi connectivity index (χ4n) is 0.480. The molecule has 15 heavy (non-hydrogen) atoms. The summed E-state index contributed by atoms with van der Waals surface area (Å²) in [4.78, 5) is 0. The summed E-state index contributed by atoms with van der Waals surface area (Å²) in [6.07, 6.45) is -0.236. The number of hydrogen-bond acceptors (Lipinski definition) is 2. The monoisotopic (exact) mass is 306 g/mol. The summed E-state index contributed by atoms with van der Waals surface area (Å²) in [5.41, 5.74) is 0. The molecule has 0 amide bonds. The molecule has 0 aromatic heterocycles. The Morgan fingerprint density at radius 1 is 0.933 bits per heavy atom. The van der Waals surface area contributed by atoms with Crippen molar-refractivity contribution in [2.24, 2.45) is 0 Å². The van der Waals surface area contributed by atoms with Crippen molar-refractivity contribution in [2.75, 3.05) is 0 Å². The Hall–Kier alpha value is 0.644. The zero-order valence-electron chi connectivity index (χ0n) is 9.61. The highest BCUT2D eigenvalue weighted by Gasteiger charge is 2.38. The Labute approximate surface area is 108 Å². The van der Waals surface area contributed by atoms with Gasteiger partial charge in [0.2, 0.25) is 8.32 Å². The minimum absolute atomic E-state index is 0.148. The minimum atomic E-state index is -3.03. The molecular formula is C8H17Cl3O2Si2. The molecule has 7 heteroatoms. The van der Waals surface area contributed by atoms with E-state index >= 15 is 0 Å². The summed E-state index contributed by atoms with van der Waals surface area (Å²) in [5, 5.41) is 0.148. The Morgan fingerprint density at radius 3 is 1.67 bits per heavy atom. The lowest BCUT2D eigenvalue weighted by Gasteiger charge is -2.34. The lowest BCUT2D eigenvalue weighted by molar-refractivity contribution is 0.402. The predicted molar refractivity (Wildman–Crippen MR) is 71.8 cm³/mol. The topological polar surface area (TPSA) is 18.5 Å². The Balaban J connectivity index is 4.17. The molecule has 2 nitrogen and oxygen atoms in total. The van der Waals surface area contributed by atoms with E-state index in [2.05, 4.69) is 33.9 Å². The SMILES string of the molecule is CC(C)(C)[Si](C)(C)O/C=C\O[Si](Cl)(Cl)Cl. The third kappa shape index (κ3) is 6.74. The first-order chi connectivity index (χ1) is 6.46. The minimum Gasteiger partial charge on any atom is -0.546 e. The van der Waals surface area contributed by atoms with Crippen LogP contribution in [0.5, 0.6) is 0 Å². The van der Waals surface area contributed by atoms with Gasteiger partial charge < -0.3 is 8.85 Å². The molecule has 0 rings (SSSR count). The molecule has 0 aromatic rings. The van der Waals surface area contributed by atoms with E-state index in [0.717, 1.165) is 0 Å². The van der Waals surface area contributed by atoms with E-state index in [-0.39, 0.29) is 5.04 Å². The van der Waals surface area contributed by atoms with Gasteiger partial charge in [-0.15, -0.1) is 0 Å². The van der Waals surface area contributed by atoms with Gasteiger partial charge in [-0.25, -0.2) is 0 Å². The van der Waals surface area contributed by atoms with Gasteiger partial charge in [0, 0.05) is 0 Å². The molecule has 0 fully saturated rings. The second kappa shape index (κ2) is 5.32. The van der Waals surface area contributed by atoms with Crippen LogP contribution in [0.4, 0.5) is 0 Å². The van der Waals surface area contributed by atoms with E-state index in [1.165, 1.54) is 12.5 Å². The van der Waals surface area contributed by atoms with Gasteiger partial charge in [0.25, 0.3) is 0 Å². The van der Waals surface area contributed by atoms with Crippen molar-refractivity contribution in [1.29, 1.82) is 0 Å². The van der Waals surface area contributed by atoms with Crippen LogP contribution in [0.2, 0.25) is 18.1 Å². The van der Waals surface area contributed by atoms with Crippen LogP contribution in [0, 0.1) is 0 Å².